The van der Waals surface area contributed by atoms with Gasteiger partial charge < -0.3 is 20.3 Å². The lowest BCUT2D eigenvalue weighted by molar-refractivity contribution is -0.143. The fourth-order valence-electron chi connectivity index (χ4n) is 10.7. The third kappa shape index (κ3) is 59.7. The molecule has 0 rings (SSSR count). The van der Waals surface area contributed by atoms with E-state index in [1.165, 1.54) is 315 Å². The summed E-state index contributed by atoms with van der Waals surface area (Å²) in [4.78, 5) is 24.5. The Bertz CT molecular complexity index is 1100. The highest BCUT2D eigenvalue weighted by molar-refractivity contribution is 5.76. The maximum Gasteiger partial charge on any atom is 0.305 e. The molecule has 0 aliphatic carbocycles. The first-order valence-corrected chi connectivity index (χ1v) is 33.5. The molecule has 2 unspecified atom stereocenters. The Balaban J connectivity index is 3.35. The Hall–Kier alpha value is -1.40. The van der Waals surface area contributed by atoms with E-state index < -0.39 is 12.1 Å². The predicted molar refractivity (Wildman–Crippen MR) is 320 cm³/mol. The molecule has 0 aromatic rings. The van der Waals surface area contributed by atoms with Crippen LogP contribution in [0.2, 0.25) is 0 Å². The van der Waals surface area contributed by atoms with E-state index in [1.54, 1.807) is 6.08 Å². The molecule has 0 saturated carbocycles. The van der Waals surface area contributed by atoms with Crippen molar-refractivity contribution in [1.82, 2.24) is 5.32 Å². The van der Waals surface area contributed by atoms with Crippen molar-refractivity contribution < 1.29 is 24.5 Å². The molecular weight excluding hydrogens is 899 g/mol. The van der Waals surface area contributed by atoms with E-state index in [4.69, 9.17) is 4.74 Å². The molecule has 6 nitrogen and oxygen atoms in total. The van der Waals surface area contributed by atoms with Crippen LogP contribution in [0.4, 0.5) is 0 Å². The second kappa shape index (κ2) is 63.1. The van der Waals surface area contributed by atoms with E-state index >= 15 is 0 Å². The van der Waals surface area contributed by atoms with E-state index in [-0.39, 0.29) is 18.5 Å². The Morgan fingerprint density at radius 3 is 0.932 bits per heavy atom. The van der Waals surface area contributed by atoms with Crippen molar-refractivity contribution in [2.45, 2.75) is 392 Å². The smallest absolute Gasteiger partial charge is 0.305 e. The highest BCUT2D eigenvalue weighted by Gasteiger charge is 2.18. The van der Waals surface area contributed by atoms with Crippen LogP contribution in [-0.4, -0.2) is 47.4 Å². The minimum atomic E-state index is -0.841. The summed E-state index contributed by atoms with van der Waals surface area (Å²) in [6.07, 6.45) is 77.1. The van der Waals surface area contributed by atoms with Gasteiger partial charge in [-0.05, 0) is 32.1 Å². The van der Waals surface area contributed by atoms with Crippen LogP contribution >= 0.6 is 0 Å². The maximum atomic E-state index is 12.5. The lowest BCUT2D eigenvalue weighted by atomic mass is 10.0. The topological polar surface area (TPSA) is 95.9 Å². The highest BCUT2D eigenvalue weighted by Crippen LogP contribution is 2.19. The van der Waals surface area contributed by atoms with Gasteiger partial charge in [0.15, 0.2) is 0 Å². The maximum absolute atomic E-state index is 12.5. The average Bonchev–Trinajstić information content (AvgIpc) is 3.39. The fourth-order valence-corrected chi connectivity index (χ4v) is 10.7. The number of aliphatic hydroxyl groups excluding tert-OH is 2. The number of hydrogen-bond acceptors (Lipinski definition) is 5. The summed E-state index contributed by atoms with van der Waals surface area (Å²) in [6.45, 7) is 4.94. The molecular formula is C67H131NO5. The van der Waals surface area contributed by atoms with Gasteiger partial charge in [0.1, 0.15) is 0 Å². The zero-order valence-electron chi connectivity index (χ0n) is 49.6. The molecule has 0 saturated heterocycles. The molecule has 2 atom stereocenters. The third-order valence-corrected chi connectivity index (χ3v) is 15.8. The van der Waals surface area contributed by atoms with Gasteiger partial charge in [0.2, 0.25) is 5.91 Å². The third-order valence-electron chi connectivity index (χ3n) is 15.8. The van der Waals surface area contributed by atoms with Crippen LogP contribution in [0.3, 0.4) is 0 Å². The predicted octanol–water partition coefficient (Wildman–Crippen LogP) is 21.2. The van der Waals surface area contributed by atoms with Crippen LogP contribution in [0.5, 0.6) is 0 Å². The molecule has 0 bridgehead atoms. The summed E-state index contributed by atoms with van der Waals surface area (Å²) in [5.74, 6) is -0.0419. The number of amides is 1. The van der Waals surface area contributed by atoms with E-state index in [1.807, 2.05) is 6.08 Å². The van der Waals surface area contributed by atoms with Gasteiger partial charge in [-0.1, -0.05) is 347 Å². The normalized spacial score (nSPS) is 12.5. The number of allylic oxidation sites excluding steroid dienone is 1. The molecule has 0 radical (unpaired) electrons. The van der Waals surface area contributed by atoms with Crippen molar-refractivity contribution in [1.29, 1.82) is 0 Å². The van der Waals surface area contributed by atoms with Crippen LogP contribution in [0.15, 0.2) is 12.2 Å². The van der Waals surface area contributed by atoms with E-state index in [9.17, 15) is 19.8 Å². The molecule has 0 heterocycles. The van der Waals surface area contributed by atoms with E-state index in [0.29, 0.717) is 19.4 Å². The minimum Gasteiger partial charge on any atom is -0.466 e. The van der Waals surface area contributed by atoms with Crippen LogP contribution in [0.25, 0.3) is 0 Å². The van der Waals surface area contributed by atoms with Crippen LogP contribution in [0, 0.1) is 0 Å². The molecule has 0 fully saturated rings. The first-order chi connectivity index (χ1) is 36.0. The molecule has 3 N–H and O–H groups in total. The SMILES string of the molecule is CCCCCCCCCCCCCCC/C=C/C(O)C(CO)NC(=O)CCCCCCCCCCCCCCCCCCCCCCCCCCCCCOC(=O)CCCCCCCCCCCCCCCC. The summed E-state index contributed by atoms with van der Waals surface area (Å²) in [5.41, 5.74) is 0. The van der Waals surface area contributed by atoms with Gasteiger partial charge in [-0.15, -0.1) is 0 Å². The number of aliphatic hydroxyl groups is 2. The zero-order chi connectivity index (χ0) is 52.9. The molecule has 1 amide bonds. The number of carbonyl (C=O) groups excluding carboxylic acids is 2. The molecule has 0 aromatic carbocycles. The van der Waals surface area contributed by atoms with Gasteiger partial charge >= 0.3 is 5.97 Å². The van der Waals surface area contributed by atoms with Crippen LogP contribution in [-0.2, 0) is 14.3 Å². The number of unbranched alkanes of at least 4 members (excludes halogenated alkanes) is 52. The first kappa shape index (κ1) is 71.6. The molecule has 434 valence electrons. The average molecular weight is 1030 g/mol. The molecule has 6 heteroatoms. The molecule has 73 heavy (non-hydrogen) atoms. The quantitative estimate of drug-likeness (QED) is 0.0320. The monoisotopic (exact) mass is 1030 g/mol. The van der Waals surface area contributed by atoms with Crippen molar-refractivity contribution in [3.8, 4) is 0 Å². The van der Waals surface area contributed by atoms with Gasteiger partial charge in [0, 0.05) is 12.8 Å². The number of carbonyl (C=O) groups is 2. The van der Waals surface area contributed by atoms with Gasteiger partial charge in [0.25, 0.3) is 0 Å². The number of ether oxygens (including phenoxy) is 1. The Morgan fingerprint density at radius 2 is 0.630 bits per heavy atom. The summed E-state index contributed by atoms with van der Waals surface area (Å²) < 4.78 is 5.49. The van der Waals surface area contributed by atoms with Crippen molar-refractivity contribution >= 4 is 11.9 Å². The molecule has 0 aromatic heterocycles. The summed E-state index contributed by atoms with van der Waals surface area (Å²) in [7, 11) is 0. The standard InChI is InChI=1S/C67H131NO5/c1-3-5-7-9-11-13-15-17-32-35-39-43-47-51-55-59-65(70)64(63-69)68-66(71)60-56-52-48-44-40-36-33-30-28-26-24-22-20-19-21-23-25-27-29-31-34-38-42-46-50-54-58-62-73-67(72)61-57-53-49-45-41-37-18-16-14-12-10-8-6-4-2/h55,59,64-65,69-70H,3-54,56-58,60-63H2,1-2H3,(H,68,71)/b59-55+. The molecule has 0 aliphatic rings. The van der Waals surface area contributed by atoms with E-state index in [2.05, 4.69) is 19.2 Å². The van der Waals surface area contributed by atoms with E-state index in [0.717, 1.165) is 38.5 Å². The minimum absolute atomic E-state index is 0.0207. The lowest BCUT2D eigenvalue weighted by Crippen LogP contribution is -2.45. The Kier molecular flexibility index (Phi) is 61.9. The second-order valence-corrected chi connectivity index (χ2v) is 23.2. The van der Waals surface area contributed by atoms with Gasteiger partial charge in [-0.2, -0.15) is 0 Å². The van der Waals surface area contributed by atoms with Gasteiger partial charge in [0.05, 0.1) is 25.4 Å². The molecule has 0 spiro atoms. The fraction of sp³-hybridized carbons (Fsp3) is 0.940. The number of nitrogens with one attached hydrogen (secondary N) is 1. The van der Waals surface area contributed by atoms with Crippen LogP contribution < -0.4 is 5.32 Å². The molecule has 0 aliphatic heterocycles. The number of rotatable bonds is 63. The van der Waals surface area contributed by atoms with Crippen LogP contribution in [0.1, 0.15) is 380 Å². The largest absolute Gasteiger partial charge is 0.466 e. The van der Waals surface area contributed by atoms with Crippen molar-refractivity contribution in [2.75, 3.05) is 13.2 Å². The zero-order valence-corrected chi connectivity index (χ0v) is 49.6. The second-order valence-electron chi connectivity index (χ2n) is 23.2. The Morgan fingerprint density at radius 1 is 0.370 bits per heavy atom. The lowest BCUT2D eigenvalue weighted by Gasteiger charge is -2.20. The van der Waals surface area contributed by atoms with Crippen molar-refractivity contribution in [3.05, 3.63) is 12.2 Å². The Labute approximate surface area is 457 Å². The number of hydrogen-bond donors (Lipinski definition) is 3. The van der Waals surface area contributed by atoms with Gasteiger partial charge in [-0.25, -0.2) is 0 Å². The first-order valence-electron chi connectivity index (χ1n) is 33.5. The van der Waals surface area contributed by atoms with Crippen molar-refractivity contribution in [2.24, 2.45) is 0 Å². The van der Waals surface area contributed by atoms with Crippen molar-refractivity contribution in [3.63, 3.8) is 0 Å². The summed E-state index contributed by atoms with van der Waals surface area (Å²) >= 11 is 0. The number of esters is 1. The van der Waals surface area contributed by atoms with Gasteiger partial charge in [-0.3, -0.25) is 9.59 Å². The summed E-state index contributed by atoms with van der Waals surface area (Å²) in [5, 5.41) is 23.1. The highest BCUT2D eigenvalue weighted by atomic mass is 16.5. The summed E-state index contributed by atoms with van der Waals surface area (Å²) in [6, 6.07) is -0.625.